The number of nitrogens with one attached hydrogen (secondary N) is 1. The third-order valence-corrected chi connectivity index (χ3v) is 4.55. The molecule has 0 aliphatic carbocycles. The van der Waals surface area contributed by atoms with Crippen molar-refractivity contribution in [3.05, 3.63) is 35.4 Å². The van der Waals surface area contributed by atoms with Gasteiger partial charge < -0.3 is 5.32 Å². The molecule has 1 unspecified atom stereocenters. The average molecular weight is 217 g/mol. The maximum atomic E-state index is 3.51. The van der Waals surface area contributed by atoms with Crippen LogP contribution in [0.2, 0.25) is 0 Å². The standard InChI is InChI=1S/C15H23N/c1-12-5-7-13(8-6-12)15(4)9-10-16-11-14(15,2)3/h5-8,16H,9-11H2,1-4H3. The van der Waals surface area contributed by atoms with Gasteiger partial charge in [-0.05, 0) is 36.3 Å². The van der Waals surface area contributed by atoms with Crippen LogP contribution >= 0.6 is 0 Å². The van der Waals surface area contributed by atoms with Crippen molar-refractivity contribution < 1.29 is 0 Å². The van der Waals surface area contributed by atoms with Crippen molar-refractivity contribution in [1.29, 1.82) is 0 Å². The average Bonchev–Trinajstić information content (AvgIpc) is 2.23. The number of piperidine rings is 1. The largest absolute Gasteiger partial charge is 0.316 e. The van der Waals surface area contributed by atoms with Crippen LogP contribution in [0.5, 0.6) is 0 Å². The van der Waals surface area contributed by atoms with E-state index in [-0.39, 0.29) is 0 Å². The summed E-state index contributed by atoms with van der Waals surface area (Å²) in [5, 5.41) is 3.51. The first-order chi connectivity index (χ1) is 7.46. The predicted molar refractivity (Wildman–Crippen MR) is 69.8 cm³/mol. The molecule has 1 heterocycles. The summed E-state index contributed by atoms with van der Waals surface area (Å²) >= 11 is 0. The zero-order chi connectivity index (χ0) is 11.8. The first-order valence-electron chi connectivity index (χ1n) is 6.24. The summed E-state index contributed by atoms with van der Waals surface area (Å²) in [5.74, 6) is 0. The molecule has 1 N–H and O–H groups in total. The monoisotopic (exact) mass is 217 g/mol. The summed E-state index contributed by atoms with van der Waals surface area (Å²) in [4.78, 5) is 0. The second kappa shape index (κ2) is 3.89. The Bertz CT molecular complexity index is 364. The van der Waals surface area contributed by atoms with E-state index in [1.807, 2.05) is 0 Å². The van der Waals surface area contributed by atoms with Crippen LogP contribution in [-0.4, -0.2) is 13.1 Å². The molecule has 0 spiro atoms. The molecular weight excluding hydrogens is 194 g/mol. The van der Waals surface area contributed by atoms with Crippen LogP contribution < -0.4 is 5.32 Å². The van der Waals surface area contributed by atoms with Gasteiger partial charge in [0.15, 0.2) is 0 Å². The molecule has 2 rings (SSSR count). The molecule has 1 fully saturated rings. The highest BCUT2D eigenvalue weighted by atomic mass is 14.9. The first-order valence-corrected chi connectivity index (χ1v) is 6.24. The normalized spacial score (nSPS) is 29.0. The molecule has 1 aromatic rings. The highest BCUT2D eigenvalue weighted by Gasteiger charge is 2.43. The van der Waals surface area contributed by atoms with Crippen LogP contribution in [0.4, 0.5) is 0 Å². The van der Waals surface area contributed by atoms with Crippen LogP contribution in [0.1, 0.15) is 38.3 Å². The Balaban J connectivity index is 2.39. The van der Waals surface area contributed by atoms with Crippen LogP contribution in [0.15, 0.2) is 24.3 Å². The molecule has 0 amide bonds. The molecule has 0 radical (unpaired) electrons. The molecular formula is C15H23N. The number of aryl methyl sites for hydroxylation is 1. The quantitative estimate of drug-likeness (QED) is 0.761. The van der Waals surface area contributed by atoms with E-state index in [2.05, 4.69) is 57.3 Å². The SMILES string of the molecule is Cc1ccc(C2(C)CCNCC2(C)C)cc1. The van der Waals surface area contributed by atoms with Gasteiger partial charge in [-0.3, -0.25) is 0 Å². The van der Waals surface area contributed by atoms with E-state index >= 15 is 0 Å². The third-order valence-electron chi connectivity index (χ3n) is 4.55. The second-order valence-electron chi connectivity index (χ2n) is 6.01. The van der Waals surface area contributed by atoms with Gasteiger partial charge in [0.05, 0.1) is 0 Å². The van der Waals surface area contributed by atoms with Crippen molar-refractivity contribution in [2.24, 2.45) is 5.41 Å². The van der Waals surface area contributed by atoms with Crippen LogP contribution in [0.3, 0.4) is 0 Å². The molecule has 0 saturated carbocycles. The number of benzene rings is 1. The van der Waals surface area contributed by atoms with E-state index in [4.69, 9.17) is 0 Å². The van der Waals surface area contributed by atoms with Crippen molar-refractivity contribution in [1.82, 2.24) is 5.32 Å². The van der Waals surface area contributed by atoms with Crippen molar-refractivity contribution in [3.8, 4) is 0 Å². The molecule has 16 heavy (non-hydrogen) atoms. The van der Waals surface area contributed by atoms with Gasteiger partial charge >= 0.3 is 0 Å². The van der Waals surface area contributed by atoms with Crippen molar-refractivity contribution in [3.63, 3.8) is 0 Å². The fourth-order valence-corrected chi connectivity index (χ4v) is 2.73. The van der Waals surface area contributed by atoms with E-state index in [9.17, 15) is 0 Å². The van der Waals surface area contributed by atoms with Crippen LogP contribution in [0.25, 0.3) is 0 Å². The minimum absolute atomic E-state index is 0.298. The zero-order valence-electron chi connectivity index (χ0n) is 10.9. The molecule has 1 aliphatic rings. The Labute approximate surface area is 99.3 Å². The van der Waals surface area contributed by atoms with Crippen LogP contribution in [0, 0.1) is 12.3 Å². The minimum Gasteiger partial charge on any atom is -0.316 e. The zero-order valence-corrected chi connectivity index (χ0v) is 10.9. The summed E-state index contributed by atoms with van der Waals surface area (Å²) < 4.78 is 0. The van der Waals surface area contributed by atoms with Gasteiger partial charge in [-0.15, -0.1) is 0 Å². The summed E-state index contributed by atoms with van der Waals surface area (Å²) in [5.41, 5.74) is 3.45. The summed E-state index contributed by atoms with van der Waals surface area (Å²) in [6, 6.07) is 9.09. The fourth-order valence-electron chi connectivity index (χ4n) is 2.73. The number of rotatable bonds is 1. The molecule has 0 bridgehead atoms. The number of hydrogen-bond acceptors (Lipinski definition) is 1. The Morgan fingerprint density at radius 1 is 1.06 bits per heavy atom. The third kappa shape index (κ3) is 1.78. The van der Waals surface area contributed by atoms with Gasteiger partial charge in [0.1, 0.15) is 0 Å². The molecule has 1 aliphatic heterocycles. The highest BCUT2D eigenvalue weighted by molar-refractivity contribution is 5.31. The van der Waals surface area contributed by atoms with E-state index in [0.29, 0.717) is 10.8 Å². The van der Waals surface area contributed by atoms with Gasteiger partial charge in [0, 0.05) is 6.54 Å². The first kappa shape index (κ1) is 11.7. The maximum Gasteiger partial charge on any atom is 0.00110 e. The van der Waals surface area contributed by atoms with E-state index in [1.165, 1.54) is 17.5 Å². The van der Waals surface area contributed by atoms with Crippen molar-refractivity contribution >= 4 is 0 Å². The fraction of sp³-hybridized carbons (Fsp3) is 0.600. The maximum absolute atomic E-state index is 3.51. The Morgan fingerprint density at radius 2 is 1.69 bits per heavy atom. The lowest BCUT2D eigenvalue weighted by molar-refractivity contribution is 0.126. The van der Waals surface area contributed by atoms with Gasteiger partial charge in [0.25, 0.3) is 0 Å². The summed E-state index contributed by atoms with van der Waals surface area (Å²) in [6.07, 6.45) is 1.23. The summed E-state index contributed by atoms with van der Waals surface area (Å²) in [6.45, 7) is 11.6. The molecule has 1 heteroatoms. The molecule has 88 valence electrons. The van der Waals surface area contributed by atoms with Gasteiger partial charge in [-0.2, -0.15) is 0 Å². The van der Waals surface area contributed by atoms with E-state index in [0.717, 1.165) is 13.1 Å². The molecule has 1 atom stereocenters. The van der Waals surface area contributed by atoms with Crippen LogP contribution in [-0.2, 0) is 5.41 Å². The topological polar surface area (TPSA) is 12.0 Å². The Kier molecular flexibility index (Phi) is 2.83. The Hall–Kier alpha value is -0.820. The van der Waals surface area contributed by atoms with E-state index < -0.39 is 0 Å². The summed E-state index contributed by atoms with van der Waals surface area (Å²) in [7, 11) is 0. The minimum atomic E-state index is 0.298. The van der Waals surface area contributed by atoms with Gasteiger partial charge in [-0.1, -0.05) is 50.6 Å². The lowest BCUT2D eigenvalue weighted by Gasteiger charge is -2.49. The predicted octanol–water partition coefficient (Wildman–Crippen LogP) is 3.27. The molecule has 1 nitrogen and oxygen atoms in total. The molecule has 0 aromatic heterocycles. The van der Waals surface area contributed by atoms with Gasteiger partial charge in [-0.25, -0.2) is 0 Å². The number of hydrogen-bond donors (Lipinski definition) is 1. The van der Waals surface area contributed by atoms with E-state index in [1.54, 1.807) is 0 Å². The van der Waals surface area contributed by atoms with Crippen molar-refractivity contribution in [2.45, 2.75) is 39.5 Å². The molecule has 1 aromatic carbocycles. The smallest absolute Gasteiger partial charge is 0.00110 e. The lowest BCUT2D eigenvalue weighted by atomic mass is 9.59. The van der Waals surface area contributed by atoms with Gasteiger partial charge in [0.2, 0.25) is 0 Å². The van der Waals surface area contributed by atoms with Crippen molar-refractivity contribution in [2.75, 3.05) is 13.1 Å². The highest BCUT2D eigenvalue weighted by Crippen LogP contribution is 2.45. The lowest BCUT2D eigenvalue weighted by Crippen LogP contribution is -2.52. The Morgan fingerprint density at radius 3 is 2.25 bits per heavy atom. The molecule has 1 saturated heterocycles. The second-order valence-corrected chi connectivity index (χ2v) is 6.01.